The molecule has 86 valence electrons. The molecular weight excluding hydrogens is 288 g/mol. The standard InChI is InChI=1S/C11H7BrN2O3/c12-7(6-4-2-1-3-5-6)8-10(15)9(14-17)11(16)13-8/h1-5,17H,(H,13,16)/b8-7-,14-9-. The lowest BCUT2D eigenvalue weighted by Crippen LogP contribution is -2.19. The summed E-state index contributed by atoms with van der Waals surface area (Å²) < 4.78 is 0.454. The van der Waals surface area contributed by atoms with Crippen LogP contribution in [0.25, 0.3) is 4.48 Å². The molecule has 0 bridgehead atoms. The topological polar surface area (TPSA) is 78.8 Å². The smallest absolute Gasteiger partial charge is 0.282 e. The average Bonchev–Trinajstić information content (AvgIpc) is 2.64. The van der Waals surface area contributed by atoms with Crippen LogP contribution in [0.15, 0.2) is 41.2 Å². The van der Waals surface area contributed by atoms with Crippen molar-refractivity contribution in [2.24, 2.45) is 5.16 Å². The zero-order valence-corrected chi connectivity index (χ0v) is 10.1. The van der Waals surface area contributed by atoms with Gasteiger partial charge in [0, 0.05) is 0 Å². The Hall–Kier alpha value is -1.95. The van der Waals surface area contributed by atoms with Gasteiger partial charge in [0.15, 0.2) is 0 Å². The number of allylic oxidation sites excluding steroid dienone is 1. The molecular formula is C11H7BrN2O3. The van der Waals surface area contributed by atoms with Gasteiger partial charge in [-0.05, 0) is 21.5 Å². The van der Waals surface area contributed by atoms with E-state index in [1.54, 1.807) is 24.3 Å². The highest BCUT2D eigenvalue weighted by atomic mass is 79.9. The lowest BCUT2D eigenvalue weighted by atomic mass is 10.1. The molecule has 0 aliphatic carbocycles. The Bertz CT molecular complexity index is 549. The minimum atomic E-state index is -0.708. The van der Waals surface area contributed by atoms with E-state index < -0.39 is 17.4 Å². The molecule has 6 heteroatoms. The van der Waals surface area contributed by atoms with Gasteiger partial charge in [0.2, 0.25) is 11.5 Å². The summed E-state index contributed by atoms with van der Waals surface area (Å²) in [6, 6.07) is 9.01. The minimum absolute atomic E-state index is 0.0778. The van der Waals surface area contributed by atoms with Crippen LogP contribution in [0.2, 0.25) is 0 Å². The molecule has 1 saturated heterocycles. The Labute approximate surface area is 105 Å². The van der Waals surface area contributed by atoms with Gasteiger partial charge in [-0.25, -0.2) is 0 Å². The van der Waals surface area contributed by atoms with Crippen molar-refractivity contribution in [1.29, 1.82) is 0 Å². The van der Waals surface area contributed by atoms with E-state index in [-0.39, 0.29) is 5.70 Å². The number of hydrogen-bond acceptors (Lipinski definition) is 4. The van der Waals surface area contributed by atoms with Crippen molar-refractivity contribution in [2.45, 2.75) is 0 Å². The quantitative estimate of drug-likeness (QED) is 0.465. The van der Waals surface area contributed by atoms with E-state index in [9.17, 15) is 9.59 Å². The van der Waals surface area contributed by atoms with Gasteiger partial charge in [-0.3, -0.25) is 9.59 Å². The van der Waals surface area contributed by atoms with Crippen molar-refractivity contribution in [3.05, 3.63) is 41.6 Å². The number of halogens is 1. The first-order valence-electron chi connectivity index (χ1n) is 4.68. The summed E-state index contributed by atoms with van der Waals surface area (Å²) in [6.45, 7) is 0. The van der Waals surface area contributed by atoms with Gasteiger partial charge in [-0.15, -0.1) is 0 Å². The molecule has 1 aliphatic heterocycles. The number of Topliss-reactive ketones (excluding diaryl/α,β-unsaturated/α-hetero) is 1. The summed E-state index contributed by atoms with van der Waals surface area (Å²) in [4.78, 5) is 23.0. The molecule has 1 aromatic carbocycles. The van der Waals surface area contributed by atoms with Crippen LogP contribution in [-0.2, 0) is 9.59 Å². The number of hydrogen-bond donors (Lipinski definition) is 2. The number of ketones is 1. The van der Waals surface area contributed by atoms with Crippen LogP contribution in [0.5, 0.6) is 0 Å². The van der Waals surface area contributed by atoms with Gasteiger partial charge in [0.1, 0.15) is 5.70 Å². The highest BCUT2D eigenvalue weighted by Crippen LogP contribution is 2.26. The molecule has 1 aliphatic rings. The number of rotatable bonds is 1. The maximum Gasteiger partial charge on any atom is 0.282 e. The third-order valence-corrected chi connectivity index (χ3v) is 3.10. The third kappa shape index (κ3) is 1.99. The molecule has 0 saturated carbocycles. The van der Waals surface area contributed by atoms with E-state index in [0.717, 1.165) is 5.56 Å². The zero-order chi connectivity index (χ0) is 12.4. The summed E-state index contributed by atoms with van der Waals surface area (Å²) in [5, 5.41) is 13.6. The van der Waals surface area contributed by atoms with E-state index in [4.69, 9.17) is 5.21 Å². The zero-order valence-electron chi connectivity index (χ0n) is 8.48. The Balaban J connectivity index is 2.48. The third-order valence-electron chi connectivity index (χ3n) is 2.24. The molecule has 17 heavy (non-hydrogen) atoms. The van der Waals surface area contributed by atoms with Crippen molar-refractivity contribution < 1.29 is 14.8 Å². The van der Waals surface area contributed by atoms with E-state index in [0.29, 0.717) is 4.48 Å². The average molecular weight is 295 g/mol. The number of carbonyl (C=O) groups is 2. The molecule has 0 atom stereocenters. The molecule has 0 spiro atoms. The van der Waals surface area contributed by atoms with E-state index >= 15 is 0 Å². The van der Waals surface area contributed by atoms with Gasteiger partial charge in [-0.2, -0.15) is 0 Å². The maximum atomic E-state index is 11.7. The van der Waals surface area contributed by atoms with Crippen molar-refractivity contribution in [3.8, 4) is 0 Å². The van der Waals surface area contributed by atoms with Gasteiger partial charge in [0.25, 0.3) is 5.91 Å². The molecule has 0 aromatic heterocycles. The SMILES string of the molecule is O=C1N/C(=C(\Br)c2ccccc2)C(=O)/C1=N/O. The molecule has 2 N–H and O–H groups in total. The first kappa shape index (κ1) is 11.5. The largest absolute Gasteiger partial charge is 0.410 e. The van der Waals surface area contributed by atoms with Crippen LogP contribution < -0.4 is 5.32 Å². The fraction of sp³-hybridized carbons (Fsp3) is 0. The first-order valence-corrected chi connectivity index (χ1v) is 5.47. The number of nitrogens with one attached hydrogen (secondary N) is 1. The number of amides is 1. The van der Waals surface area contributed by atoms with Crippen molar-refractivity contribution >= 4 is 37.8 Å². The predicted octanol–water partition coefficient (Wildman–Crippen LogP) is 1.28. The lowest BCUT2D eigenvalue weighted by molar-refractivity contribution is -0.113. The van der Waals surface area contributed by atoms with Crippen LogP contribution in [0.3, 0.4) is 0 Å². The van der Waals surface area contributed by atoms with Crippen molar-refractivity contribution in [1.82, 2.24) is 5.32 Å². The number of oxime groups is 1. The number of benzene rings is 1. The molecule has 2 rings (SSSR count). The molecule has 1 heterocycles. The van der Waals surface area contributed by atoms with Crippen LogP contribution in [0, 0.1) is 0 Å². The first-order chi connectivity index (χ1) is 8.15. The minimum Gasteiger partial charge on any atom is -0.410 e. The van der Waals surface area contributed by atoms with Gasteiger partial charge < -0.3 is 10.5 Å². The molecule has 1 fully saturated rings. The lowest BCUT2D eigenvalue weighted by Gasteiger charge is -2.02. The van der Waals surface area contributed by atoms with Crippen molar-refractivity contribution in [3.63, 3.8) is 0 Å². The van der Waals surface area contributed by atoms with Crippen LogP contribution in [-0.4, -0.2) is 22.6 Å². The van der Waals surface area contributed by atoms with Crippen molar-refractivity contribution in [2.75, 3.05) is 0 Å². The summed E-state index contributed by atoms with van der Waals surface area (Å²) in [6.07, 6.45) is 0. The van der Waals surface area contributed by atoms with E-state index in [2.05, 4.69) is 26.4 Å². The summed E-state index contributed by atoms with van der Waals surface area (Å²) in [5.74, 6) is -1.34. The van der Waals surface area contributed by atoms with E-state index in [1.807, 2.05) is 6.07 Å². The van der Waals surface area contributed by atoms with E-state index in [1.165, 1.54) is 0 Å². The Morgan fingerprint density at radius 2 is 1.88 bits per heavy atom. The second-order valence-corrected chi connectivity index (χ2v) is 4.08. The second kappa shape index (κ2) is 4.50. The van der Waals surface area contributed by atoms with Crippen LogP contribution >= 0.6 is 15.9 Å². The molecule has 0 unspecified atom stereocenters. The monoisotopic (exact) mass is 294 g/mol. The highest BCUT2D eigenvalue weighted by Gasteiger charge is 2.35. The second-order valence-electron chi connectivity index (χ2n) is 3.29. The molecule has 1 amide bonds. The van der Waals surface area contributed by atoms with Crippen LogP contribution in [0.1, 0.15) is 5.56 Å². The highest BCUT2D eigenvalue weighted by molar-refractivity contribution is 9.15. The summed E-state index contributed by atoms with van der Waals surface area (Å²) in [7, 11) is 0. The van der Waals surface area contributed by atoms with Crippen LogP contribution in [0.4, 0.5) is 0 Å². The maximum absolute atomic E-state index is 11.7. The Morgan fingerprint density at radius 3 is 2.41 bits per heavy atom. The Morgan fingerprint density at radius 1 is 1.24 bits per heavy atom. The number of carbonyl (C=O) groups excluding carboxylic acids is 2. The van der Waals surface area contributed by atoms with Gasteiger partial charge >= 0.3 is 0 Å². The predicted molar refractivity (Wildman–Crippen MR) is 64.7 cm³/mol. The normalized spacial score (nSPS) is 20.6. The summed E-state index contributed by atoms with van der Waals surface area (Å²) >= 11 is 3.24. The Kier molecular flexibility index (Phi) is 3.06. The molecule has 1 aromatic rings. The molecule has 0 radical (unpaired) electrons. The fourth-order valence-corrected chi connectivity index (χ4v) is 1.97. The fourth-order valence-electron chi connectivity index (χ4n) is 1.43. The number of nitrogens with zero attached hydrogens (tertiary/aromatic N) is 1. The van der Waals surface area contributed by atoms with Gasteiger partial charge in [0.05, 0.1) is 4.48 Å². The van der Waals surface area contributed by atoms with Gasteiger partial charge in [-0.1, -0.05) is 35.5 Å². The summed E-state index contributed by atoms with van der Waals surface area (Å²) in [5.41, 5.74) is 0.317. The molecule has 5 nitrogen and oxygen atoms in total.